The molecule has 7 unspecified atom stereocenters. The van der Waals surface area contributed by atoms with Crippen LogP contribution >= 0.6 is 0 Å². The third kappa shape index (κ3) is 2.43. The minimum absolute atomic E-state index is 0.00666. The highest BCUT2D eigenvalue weighted by Crippen LogP contribution is 2.77. The van der Waals surface area contributed by atoms with Crippen LogP contribution in [0, 0.1) is 34.0 Å². The Hall–Kier alpha value is -2.45. The van der Waals surface area contributed by atoms with Crippen molar-refractivity contribution in [2.24, 2.45) is 34.0 Å². The maximum Gasteiger partial charge on any atom is 0.331 e. The van der Waals surface area contributed by atoms with Crippen molar-refractivity contribution < 1.29 is 38.1 Å². The van der Waals surface area contributed by atoms with Crippen molar-refractivity contribution in [3.05, 3.63) is 35.8 Å². The summed E-state index contributed by atoms with van der Waals surface area (Å²) in [5, 5.41) is 12.1. The van der Waals surface area contributed by atoms with Crippen LogP contribution in [0.2, 0.25) is 0 Å². The molecule has 188 valence electrons. The zero-order chi connectivity index (χ0) is 25.2. The summed E-state index contributed by atoms with van der Waals surface area (Å²) in [4.78, 5) is 39.5. The van der Waals surface area contributed by atoms with E-state index in [1.807, 2.05) is 20.8 Å². The smallest absolute Gasteiger partial charge is 0.331 e. The predicted molar refractivity (Wildman–Crippen MR) is 120 cm³/mol. The van der Waals surface area contributed by atoms with Crippen LogP contribution in [0.5, 0.6) is 0 Å². The fourth-order valence-corrected chi connectivity index (χ4v) is 8.82. The second-order valence-corrected chi connectivity index (χ2v) is 12.1. The largest absolute Gasteiger partial charge is 0.472 e. The zero-order valence-corrected chi connectivity index (χ0v) is 20.8. The van der Waals surface area contributed by atoms with Crippen molar-refractivity contribution in [1.82, 2.24) is 0 Å². The lowest BCUT2D eigenvalue weighted by Gasteiger charge is -2.62. The third-order valence-electron chi connectivity index (χ3n) is 10.5. The van der Waals surface area contributed by atoms with Crippen molar-refractivity contribution in [2.45, 2.75) is 70.9 Å². The van der Waals surface area contributed by atoms with Crippen LogP contribution in [0.4, 0.5) is 0 Å². The lowest BCUT2D eigenvalue weighted by Crippen LogP contribution is -2.69. The van der Waals surface area contributed by atoms with E-state index >= 15 is 0 Å². The Morgan fingerprint density at radius 2 is 1.97 bits per heavy atom. The quantitative estimate of drug-likeness (QED) is 0.649. The summed E-state index contributed by atoms with van der Waals surface area (Å²) in [6.07, 6.45) is 5.69. The van der Waals surface area contributed by atoms with Crippen LogP contribution in [0.25, 0.3) is 0 Å². The highest BCUT2D eigenvalue weighted by atomic mass is 16.7. The van der Waals surface area contributed by atoms with Gasteiger partial charge < -0.3 is 23.7 Å². The molecule has 1 spiro atoms. The maximum absolute atomic E-state index is 14.0. The van der Waals surface area contributed by atoms with Crippen LogP contribution in [0.15, 0.2) is 34.7 Å². The summed E-state index contributed by atoms with van der Waals surface area (Å²) in [7, 11) is 1.33. The molecule has 0 radical (unpaired) electrons. The van der Waals surface area contributed by atoms with Gasteiger partial charge in [-0.25, -0.2) is 4.79 Å². The Morgan fingerprint density at radius 3 is 2.63 bits per heavy atom. The van der Waals surface area contributed by atoms with Crippen molar-refractivity contribution in [2.75, 3.05) is 7.11 Å². The number of methoxy groups -OCH3 is 1. The van der Waals surface area contributed by atoms with Crippen molar-refractivity contribution in [3.63, 3.8) is 0 Å². The first-order chi connectivity index (χ1) is 16.4. The van der Waals surface area contributed by atoms with Gasteiger partial charge in [-0.2, -0.15) is 0 Å². The van der Waals surface area contributed by atoms with E-state index in [4.69, 9.17) is 18.6 Å². The number of aliphatic hydroxyl groups is 1. The van der Waals surface area contributed by atoms with Crippen LogP contribution in [0.1, 0.15) is 65.0 Å². The molecule has 8 nitrogen and oxygen atoms in total. The van der Waals surface area contributed by atoms with Crippen molar-refractivity contribution in [1.29, 1.82) is 0 Å². The Balaban J connectivity index is 1.56. The van der Waals surface area contributed by atoms with E-state index in [0.29, 0.717) is 19.3 Å². The Bertz CT molecular complexity index is 1170. The van der Waals surface area contributed by atoms with Crippen LogP contribution < -0.4 is 0 Å². The van der Waals surface area contributed by atoms with Gasteiger partial charge >= 0.3 is 11.9 Å². The molecule has 1 N–H and O–H groups in total. The highest BCUT2D eigenvalue weighted by Gasteiger charge is 2.83. The molecule has 6 rings (SSSR count). The summed E-state index contributed by atoms with van der Waals surface area (Å²) in [6, 6.07) is 1.80. The van der Waals surface area contributed by atoms with E-state index in [1.165, 1.54) is 13.2 Å². The molecule has 2 aliphatic heterocycles. The molecule has 3 saturated carbocycles. The summed E-state index contributed by atoms with van der Waals surface area (Å²) in [5.74, 6) is -4.27. The molecular formula is C27H32O8. The van der Waals surface area contributed by atoms with E-state index < -0.39 is 57.5 Å². The van der Waals surface area contributed by atoms with E-state index in [1.54, 1.807) is 18.6 Å². The van der Waals surface area contributed by atoms with Gasteiger partial charge in [-0.05, 0) is 36.8 Å². The number of hydrogen-bond donors (Lipinski definition) is 1. The second kappa shape index (κ2) is 6.65. The molecular weight excluding hydrogens is 452 g/mol. The molecule has 1 aromatic rings. The molecule has 8 heteroatoms. The summed E-state index contributed by atoms with van der Waals surface area (Å²) in [6.45, 7) is 7.76. The van der Waals surface area contributed by atoms with Gasteiger partial charge in [0.15, 0.2) is 5.79 Å². The molecule has 4 fully saturated rings. The SMILES string of the molecule is COC(=O)CC1C2(C)C(=O)C3CC4(O[C@@]3(O)C1(C)C)C1=CC(=O)OC(c3ccoc3)C1(C)CCC42. The Kier molecular flexibility index (Phi) is 4.37. The van der Waals surface area contributed by atoms with E-state index in [2.05, 4.69) is 6.92 Å². The normalized spacial score (nSPS) is 47.0. The summed E-state index contributed by atoms with van der Waals surface area (Å²) < 4.78 is 22.9. The number of ketones is 1. The number of hydrogen-bond acceptors (Lipinski definition) is 8. The van der Waals surface area contributed by atoms with Gasteiger partial charge in [0.25, 0.3) is 0 Å². The zero-order valence-electron chi connectivity index (χ0n) is 20.8. The number of fused-ring (bicyclic) bond motifs is 3. The van der Waals surface area contributed by atoms with Gasteiger partial charge in [0.05, 0.1) is 31.2 Å². The minimum Gasteiger partial charge on any atom is -0.472 e. The van der Waals surface area contributed by atoms with Crippen LogP contribution in [0.3, 0.4) is 0 Å². The van der Waals surface area contributed by atoms with Crippen LogP contribution in [-0.2, 0) is 28.6 Å². The molecule has 35 heavy (non-hydrogen) atoms. The molecule has 1 aromatic heterocycles. The average Bonchev–Trinajstić information content (AvgIpc) is 3.42. The third-order valence-corrected chi connectivity index (χ3v) is 10.5. The summed E-state index contributed by atoms with van der Waals surface area (Å²) >= 11 is 0. The lowest BCUT2D eigenvalue weighted by molar-refractivity contribution is -0.297. The number of carbonyl (C=O) groups excluding carboxylic acids is 3. The van der Waals surface area contributed by atoms with Crippen molar-refractivity contribution >= 4 is 17.7 Å². The number of cyclic esters (lactones) is 1. The molecule has 0 aromatic carbocycles. The Morgan fingerprint density at radius 1 is 1.23 bits per heavy atom. The topological polar surface area (TPSA) is 112 Å². The van der Waals surface area contributed by atoms with Gasteiger partial charge in [0, 0.05) is 40.2 Å². The van der Waals surface area contributed by atoms with E-state index in [0.717, 1.165) is 11.1 Å². The number of Topliss-reactive ketones (excluding diaryl/α,β-unsaturated/α-hetero) is 1. The fraction of sp³-hybridized carbons (Fsp3) is 0.667. The molecule has 8 atom stereocenters. The first-order valence-corrected chi connectivity index (χ1v) is 12.4. The van der Waals surface area contributed by atoms with Gasteiger partial charge in [0.1, 0.15) is 11.9 Å². The van der Waals surface area contributed by atoms with Crippen molar-refractivity contribution in [3.8, 4) is 0 Å². The number of ether oxygens (including phenoxy) is 3. The molecule has 1 saturated heterocycles. The molecule has 0 amide bonds. The average molecular weight is 485 g/mol. The lowest BCUT2D eigenvalue weighted by atomic mass is 9.38. The maximum atomic E-state index is 14.0. The summed E-state index contributed by atoms with van der Waals surface area (Å²) in [5.41, 5.74) is -1.92. The van der Waals surface area contributed by atoms with Gasteiger partial charge in [-0.15, -0.1) is 0 Å². The van der Waals surface area contributed by atoms with Crippen LogP contribution in [-0.4, -0.2) is 41.3 Å². The monoisotopic (exact) mass is 484 g/mol. The molecule has 3 aliphatic carbocycles. The first kappa shape index (κ1) is 23.0. The van der Waals surface area contributed by atoms with E-state index in [9.17, 15) is 19.5 Å². The fourth-order valence-electron chi connectivity index (χ4n) is 8.82. The number of esters is 2. The van der Waals surface area contributed by atoms with E-state index in [-0.39, 0.29) is 18.1 Å². The standard InChI is InChI=1S/C27H32O8/c1-23(2)17(10-19(28)32-5)25(4)16-6-8-24(3)18(11-20(29)34-22(24)14-7-9-33-13-14)26(16)12-15(21(25)30)27(23,31)35-26/h7,9,11,13,15-17,22,31H,6,8,10,12H2,1-5H3/t15?,16?,17?,22?,24?,25?,26?,27-/m1/s1. The minimum atomic E-state index is -1.78. The van der Waals surface area contributed by atoms with Gasteiger partial charge in [-0.3, -0.25) is 9.59 Å². The molecule has 5 aliphatic rings. The van der Waals surface area contributed by atoms with Gasteiger partial charge in [0.2, 0.25) is 0 Å². The first-order valence-electron chi connectivity index (χ1n) is 12.4. The highest BCUT2D eigenvalue weighted by molar-refractivity contribution is 5.93. The predicted octanol–water partition coefficient (Wildman–Crippen LogP) is 3.49. The van der Waals surface area contributed by atoms with Gasteiger partial charge in [-0.1, -0.05) is 27.7 Å². The Labute approximate surface area is 204 Å². The number of furan rings is 1. The molecule has 3 heterocycles. The second-order valence-electron chi connectivity index (χ2n) is 12.1. The number of rotatable bonds is 3. The molecule has 3 bridgehead atoms. The number of carbonyl (C=O) groups is 3.